The van der Waals surface area contributed by atoms with E-state index < -0.39 is 30.6 Å². The van der Waals surface area contributed by atoms with E-state index in [0.29, 0.717) is 17.7 Å². The Labute approximate surface area is 109 Å². The Balaban J connectivity index is 4.65. The Morgan fingerprint density at radius 1 is 1.37 bits per heavy atom. The number of hydrogen-bond donors (Lipinski definition) is 1. The highest BCUT2D eigenvalue weighted by Gasteiger charge is 2.34. The zero-order chi connectivity index (χ0) is 15.1. The van der Waals surface area contributed by atoms with E-state index in [4.69, 9.17) is 5.73 Å². The lowest BCUT2D eigenvalue weighted by Crippen LogP contribution is -2.48. The van der Waals surface area contributed by atoms with Gasteiger partial charge in [0.25, 0.3) is 0 Å². The quantitative estimate of drug-likeness (QED) is 0.710. The molecule has 0 rings (SSSR count). The van der Waals surface area contributed by atoms with Crippen LogP contribution in [-0.2, 0) is 14.3 Å². The number of halogens is 3. The minimum Gasteiger partial charge on any atom is -0.469 e. The van der Waals surface area contributed by atoms with Crippen LogP contribution in [-0.4, -0.2) is 49.2 Å². The molecule has 2 N–H and O–H groups in total. The van der Waals surface area contributed by atoms with Crippen LogP contribution in [0.1, 0.15) is 26.2 Å². The summed E-state index contributed by atoms with van der Waals surface area (Å²) in [4.78, 5) is 23.2. The molecule has 0 heterocycles. The van der Waals surface area contributed by atoms with Crippen molar-refractivity contribution in [3.63, 3.8) is 0 Å². The average molecular weight is 284 g/mol. The molecule has 0 fully saturated rings. The van der Waals surface area contributed by atoms with Crippen molar-refractivity contribution in [3.05, 3.63) is 0 Å². The lowest BCUT2D eigenvalue weighted by molar-refractivity contribution is -0.163. The number of carbonyl (C=O) groups excluding carboxylic acids is 2. The molecule has 0 bridgehead atoms. The van der Waals surface area contributed by atoms with Crippen molar-refractivity contribution in [1.82, 2.24) is 4.90 Å². The van der Waals surface area contributed by atoms with Gasteiger partial charge in [-0.15, -0.1) is 0 Å². The first-order valence-electron chi connectivity index (χ1n) is 5.89. The Bertz CT molecular complexity index is 308. The van der Waals surface area contributed by atoms with Crippen molar-refractivity contribution in [2.24, 2.45) is 5.73 Å². The third-order valence-corrected chi connectivity index (χ3v) is 2.41. The van der Waals surface area contributed by atoms with E-state index in [1.54, 1.807) is 6.92 Å². The number of methoxy groups -OCH3 is 1. The van der Waals surface area contributed by atoms with Gasteiger partial charge in [-0.05, 0) is 6.42 Å². The van der Waals surface area contributed by atoms with Crippen molar-refractivity contribution in [3.8, 4) is 0 Å². The molecule has 0 aromatic rings. The number of hydrogen-bond acceptors (Lipinski definition) is 4. The summed E-state index contributed by atoms with van der Waals surface area (Å²) in [5.41, 5.74) is 5.51. The van der Waals surface area contributed by atoms with Crippen LogP contribution in [0, 0.1) is 0 Å². The van der Waals surface area contributed by atoms with Gasteiger partial charge in [0.05, 0.1) is 19.6 Å². The topological polar surface area (TPSA) is 72.6 Å². The second kappa shape index (κ2) is 7.98. The normalized spacial score (nSPS) is 12.9. The number of amides is 1. The van der Waals surface area contributed by atoms with E-state index in [1.807, 2.05) is 0 Å². The smallest absolute Gasteiger partial charge is 0.406 e. The summed E-state index contributed by atoms with van der Waals surface area (Å²) in [6, 6.07) is -0.981. The van der Waals surface area contributed by atoms with Crippen LogP contribution < -0.4 is 5.73 Å². The molecule has 0 spiro atoms. The van der Waals surface area contributed by atoms with Gasteiger partial charge >= 0.3 is 12.1 Å². The highest BCUT2D eigenvalue weighted by Crippen LogP contribution is 2.17. The molecule has 0 aromatic carbocycles. The summed E-state index contributed by atoms with van der Waals surface area (Å²) in [6.45, 7) is -0.00163. The minimum atomic E-state index is -4.53. The molecule has 0 aromatic heterocycles. The average Bonchev–Trinajstić information content (AvgIpc) is 2.31. The molecule has 19 heavy (non-hydrogen) atoms. The zero-order valence-corrected chi connectivity index (χ0v) is 11.0. The fourth-order valence-corrected chi connectivity index (χ4v) is 1.48. The van der Waals surface area contributed by atoms with Crippen LogP contribution >= 0.6 is 0 Å². The summed E-state index contributed by atoms with van der Waals surface area (Å²) in [5, 5.41) is 0. The van der Waals surface area contributed by atoms with Gasteiger partial charge in [-0.2, -0.15) is 13.2 Å². The van der Waals surface area contributed by atoms with Crippen LogP contribution in [0.15, 0.2) is 0 Å². The number of esters is 1. The molecule has 1 atom stereocenters. The fourth-order valence-electron chi connectivity index (χ4n) is 1.48. The van der Waals surface area contributed by atoms with Gasteiger partial charge in [0.1, 0.15) is 6.54 Å². The van der Waals surface area contributed by atoms with E-state index in [1.165, 1.54) is 0 Å². The van der Waals surface area contributed by atoms with Crippen molar-refractivity contribution < 1.29 is 27.5 Å². The zero-order valence-electron chi connectivity index (χ0n) is 11.0. The number of rotatable bonds is 7. The number of ether oxygens (including phenoxy) is 1. The molecule has 0 aliphatic heterocycles. The number of carbonyl (C=O) groups is 2. The Morgan fingerprint density at radius 3 is 2.37 bits per heavy atom. The predicted molar refractivity (Wildman–Crippen MR) is 62.2 cm³/mol. The van der Waals surface area contributed by atoms with Gasteiger partial charge in [0, 0.05) is 6.54 Å². The third-order valence-electron chi connectivity index (χ3n) is 2.41. The van der Waals surface area contributed by atoms with Crippen molar-refractivity contribution in [1.29, 1.82) is 0 Å². The first-order valence-corrected chi connectivity index (χ1v) is 5.89. The third kappa shape index (κ3) is 7.66. The van der Waals surface area contributed by atoms with Gasteiger partial charge in [-0.25, -0.2) is 0 Å². The SMILES string of the molecule is CCC[C@H](N)C(=O)N(CCC(=O)OC)CC(F)(F)F. The Morgan fingerprint density at radius 2 is 1.95 bits per heavy atom. The Kier molecular flexibility index (Phi) is 7.43. The molecule has 112 valence electrons. The standard InChI is InChI=1S/C11H19F3N2O3/c1-3-4-8(15)10(18)16(7-11(12,13)14)6-5-9(17)19-2/h8H,3-7,15H2,1-2H3/t8-/m0/s1. The van der Waals surface area contributed by atoms with Crippen LogP contribution in [0.3, 0.4) is 0 Å². The lowest BCUT2D eigenvalue weighted by Gasteiger charge is -2.26. The van der Waals surface area contributed by atoms with Crippen molar-refractivity contribution in [2.45, 2.75) is 38.4 Å². The van der Waals surface area contributed by atoms with Gasteiger partial charge in [-0.1, -0.05) is 13.3 Å². The first kappa shape index (κ1) is 17.7. The molecular formula is C11H19F3N2O3. The highest BCUT2D eigenvalue weighted by molar-refractivity contribution is 5.82. The maximum Gasteiger partial charge on any atom is 0.406 e. The summed E-state index contributed by atoms with van der Waals surface area (Å²) < 4.78 is 41.4. The van der Waals surface area contributed by atoms with E-state index in [0.717, 1.165) is 7.11 Å². The maximum absolute atomic E-state index is 12.4. The maximum atomic E-state index is 12.4. The molecule has 0 aliphatic rings. The van der Waals surface area contributed by atoms with Gasteiger partial charge in [-0.3, -0.25) is 9.59 Å². The number of nitrogens with two attached hydrogens (primary N) is 1. The van der Waals surface area contributed by atoms with E-state index in [2.05, 4.69) is 4.74 Å². The van der Waals surface area contributed by atoms with Gasteiger partial charge in [0.2, 0.25) is 5.91 Å². The van der Waals surface area contributed by atoms with Gasteiger partial charge < -0.3 is 15.4 Å². The fraction of sp³-hybridized carbons (Fsp3) is 0.818. The van der Waals surface area contributed by atoms with Crippen molar-refractivity contribution in [2.75, 3.05) is 20.2 Å². The van der Waals surface area contributed by atoms with E-state index in [-0.39, 0.29) is 13.0 Å². The summed E-state index contributed by atoms with van der Waals surface area (Å²) >= 11 is 0. The van der Waals surface area contributed by atoms with Crippen LogP contribution in [0.25, 0.3) is 0 Å². The summed E-state index contributed by atoms with van der Waals surface area (Å²) in [7, 11) is 1.13. The molecule has 0 saturated heterocycles. The van der Waals surface area contributed by atoms with Crippen molar-refractivity contribution >= 4 is 11.9 Å². The Hall–Kier alpha value is -1.31. The molecule has 5 nitrogen and oxygen atoms in total. The predicted octanol–water partition coefficient (Wildman–Crippen LogP) is 1.07. The largest absolute Gasteiger partial charge is 0.469 e. The molecule has 0 radical (unpaired) electrons. The summed E-state index contributed by atoms with van der Waals surface area (Å²) in [5.74, 6) is -1.48. The molecular weight excluding hydrogens is 265 g/mol. The number of alkyl halides is 3. The van der Waals surface area contributed by atoms with Crippen LogP contribution in [0.2, 0.25) is 0 Å². The number of nitrogens with zero attached hydrogens (tertiary/aromatic N) is 1. The molecule has 0 unspecified atom stereocenters. The first-order chi connectivity index (χ1) is 8.71. The monoisotopic (exact) mass is 284 g/mol. The lowest BCUT2D eigenvalue weighted by atomic mass is 10.1. The highest BCUT2D eigenvalue weighted by atomic mass is 19.4. The summed E-state index contributed by atoms with van der Waals surface area (Å²) in [6.07, 6.45) is -3.94. The van der Waals surface area contributed by atoms with Crippen LogP contribution in [0.5, 0.6) is 0 Å². The van der Waals surface area contributed by atoms with E-state index in [9.17, 15) is 22.8 Å². The second-order valence-electron chi connectivity index (χ2n) is 4.10. The molecule has 1 amide bonds. The molecule has 0 aliphatic carbocycles. The minimum absolute atomic E-state index is 0.294. The van der Waals surface area contributed by atoms with E-state index >= 15 is 0 Å². The molecule has 0 saturated carbocycles. The van der Waals surface area contributed by atoms with Crippen LogP contribution in [0.4, 0.5) is 13.2 Å². The second-order valence-corrected chi connectivity index (χ2v) is 4.10. The molecule has 8 heteroatoms. The van der Waals surface area contributed by atoms with Gasteiger partial charge in [0.15, 0.2) is 0 Å².